The highest BCUT2D eigenvalue weighted by molar-refractivity contribution is 4.65. The minimum absolute atomic E-state index is 0.940. The molecule has 0 aliphatic carbocycles. The molecule has 8 N–H and O–H groups in total. The van der Waals surface area contributed by atoms with Gasteiger partial charge in [-0.3, -0.25) is 9.80 Å². The molecule has 10 heteroatoms. The maximum atomic E-state index is 3.59. The normalized spacial score (nSPS) is 24.8. The Bertz CT molecular complexity index is 325. The molecule has 0 atom stereocenters. The van der Waals surface area contributed by atoms with Gasteiger partial charge < -0.3 is 42.5 Å². The van der Waals surface area contributed by atoms with E-state index in [1.165, 1.54) is 19.3 Å². The van der Waals surface area contributed by atoms with Gasteiger partial charge in [0.05, 0.1) is 0 Å². The fourth-order valence-electron chi connectivity index (χ4n) is 3.78. The van der Waals surface area contributed by atoms with Crippen LogP contribution >= 0.6 is 0 Å². The summed E-state index contributed by atoms with van der Waals surface area (Å²) < 4.78 is 0. The van der Waals surface area contributed by atoms with Gasteiger partial charge >= 0.3 is 0 Å². The van der Waals surface area contributed by atoms with Crippen LogP contribution < -0.4 is 42.5 Å². The van der Waals surface area contributed by atoms with E-state index in [4.69, 9.17) is 0 Å². The quantitative estimate of drug-likeness (QED) is 0.235. The van der Waals surface area contributed by atoms with Gasteiger partial charge in [0.2, 0.25) is 0 Å². The molecule has 2 heterocycles. The Balaban J connectivity index is 1.67. The molecule has 31 heavy (non-hydrogen) atoms. The van der Waals surface area contributed by atoms with Crippen LogP contribution in [0.15, 0.2) is 0 Å². The Morgan fingerprint density at radius 3 is 0.968 bits per heavy atom. The third-order valence-electron chi connectivity index (χ3n) is 5.62. The van der Waals surface area contributed by atoms with Gasteiger partial charge in [0.25, 0.3) is 0 Å². The van der Waals surface area contributed by atoms with E-state index in [-0.39, 0.29) is 0 Å². The van der Waals surface area contributed by atoms with Crippen LogP contribution in [0.4, 0.5) is 0 Å². The molecule has 2 aliphatic heterocycles. The average molecular weight is 443 g/mol. The maximum absolute atomic E-state index is 3.59. The average Bonchev–Trinajstić information content (AvgIpc) is 2.78. The Morgan fingerprint density at radius 1 is 0.355 bits per heavy atom. The van der Waals surface area contributed by atoms with E-state index in [1.54, 1.807) is 0 Å². The molecule has 0 aromatic carbocycles. The van der Waals surface area contributed by atoms with Crippen molar-refractivity contribution in [3.63, 3.8) is 0 Å². The zero-order chi connectivity index (χ0) is 21.7. The first-order valence-electron chi connectivity index (χ1n) is 12.6. The molecule has 0 bridgehead atoms. The second-order valence-corrected chi connectivity index (χ2v) is 8.48. The highest BCUT2D eigenvalue weighted by Gasteiger charge is 2.08. The SMILES string of the molecule is C1CNCCNCN(CCCN2CNCCNCCCNCCNC2)CNCCNC1. The van der Waals surface area contributed by atoms with Crippen LogP contribution in [0.3, 0.4) is 0 Å². The summed E-state index contributed by atoms with van der Waals surface area (Å²) in [7, 11) is 0. The van der Waals surface area contributed by atoms with Gasteiger partial charge in [0.1, 0.15) is 0 Å². The van der Waals surface area contributed by atoms with Crippen molar-refractivity contribution in [2.75, 3.05) is 118 Å². The van der Waals surface area contributed by atoms with Crippen molar-refractivity contribution in [3.05, 3.63) is 0 Å². The number of hydrogen-bond acceptors (Lipinski definition) is 10. The molecule has 0 aromatic rings. The lowest BCUT2D eigenvalue weighted by Crippen LogP contribution is -2.47. The monoisotopic (exact) mass is 442 g/mol. The standard InChI is InChI=1S/C21H50N10/c1-4-22-8-12-26-18-30(19-27-13-9-23-5-1)16-3-17-31-20-28-14-10-24-6-2-7-25-11-15-29-21-31/h22-29H,1-21H2. The van der Waals surface area contributed by atoms with Gasteiger partial charge in [0.15, 0.2) is 0 Å². The van der Waals surface area contributed by atoms with Crippen LogP contribution in [-0.4, -0.2) is 128 Å². The Kier molecular flexibility index (Phi) is 17.5. The van der Waals surface area contributed by atoms with Gasteiger partial charge in [0, 0.05) is 92.1 Å². The summed E-state index contributed by atoms with van der Waals surface area (Å²) in [5.74, 6) is 0. The Hall–Kier alpha value is -0.400. The minimum atomic E-state index is 0.940. The molecular weight excluding hydrogens is 392 g/mol. The number of hydrogen-bond donors (Lipinski definition) is 8. The summed E-state index contributed by atoms with van der Waals surface area (Å²) in [5.41, 5.74) is 0. The summed E-state index contributed by atoms with van der Waals surface area (Å²) in [5, 5.41) is 28.4. The molecule has 0 saturated carbocycles. The number of nitrogens with zero attached hydrogens (tertiary/aromatic N) is 2. The van der Waals surface area contributed by atoms with Crippen molar-refractivity contribution in [2.45, 2.75) is 19.3 Å². The lowest BCUT2D eigenvalue weighted by atomic mass is 10.3. The first kappa shape index (κ1) is 26.8. The number of rotatable bonds is 4. The molecule has 0 unspecified atom stereocenters. The van der Waals surface area contributed by atoms with Crippen molar-refractivity contribution in [3.8, 4) is 0 Å². The van der Waals surface area contributed by atoms with Crippen LogP contribution in [-0.2, 0) is 0 Å². The Labute approximate surface area is 190 Å². The first-order valence-corrected chi connectivity index (χ1v) is 12.6. The van der Waals surface area contributed by atoms with Crippen molar-refractivity contribution < 1.29 is 0 Å². The predicted octanol–water partition coefficient (Wildman–Crippen LogP) is -2.67. The van der Waals surface area contributed by atoms with Gasteiger partial charge in [-0.1, -0.05) is 0 Å². The smallest absolute Gasteiger partial charge is 0.0492 e. The summed E-state index contributed by atoms with van der Waals surface area (Å²) in [4.78, 5) is 4.98. The highest BCUT2D eigenvalue weighted by Crippen LogP contribution is 1.94. The molecule has 2 rings (SSSR count). The minimum Gasteiger partial charge on any atom is -0.315 e. The predicted molar refractivity (Wildman–Crippen MR) is 130 cm³/mol. The molecule has 0 amide bonds. The van der Waals surface area contributed by atoms with Crippen LogP contribution in [0.1, 0.15) is 19.3 Å². The molecule has 2 fully saturated rings. The summed E-state index contributed by atoms with van der Waals surface area (Å²) in [6.45, 7) is 18.6. The third-order valence-corrected chi connectivity index (χ3v) is 5.62. The van der Waals surface area contributed by atoms with Crippen LogP contribution in [0.25, 0.3) is 0 Å². The van der Waals surface area contributed by atoms with E-state index in [1.807, 2.05) is 0 Å². The lowest BCUT2D eigenvalue weighted by molar-refractivity contribution is 0.192. The summed E-state index contributed by atoms with van der Waals surface area (Å²) in [6, 6.07) is 0. The van der Waals surface area contributed by atoms with E-state index in [2.05, 4.69) is 52.3 Å². The molecule has 2 aliphatic rings. The van der Waals surface area contributed by atoms with Gasteiger partial charge in [-0.2, -0.15) is 0 Å². The third kappa shape index (κ3) is 15.9. The van der Waals surface area contributed by atoms with Gasteiger partial charge in [-0.25, -0.2) is 0 Å². The van der Waals surface area contributed by atoms with E-state index in [0.717, 1.165) is 118 Å². The van der Waals surface area contributed by atoms with Crippen molar-refractivity contribution >= 4 is 0 Å². The summed E-state index contributed by atoms with van der Waals surface area (Å²) in [6.07, 6.45) is 3.55. The highest BCUT2D eigenvalue weighted by atomic mass is 15.3. The van der Waals surface area contributed by atoms with E-state index in [0.29, 0.717) is 0 Å². The maximum Gasteiger partial charge on any atom is 0.0492 e. The van der Waals surface area contributed by atoms with E-state index >= 15 is 0 Å². The van der Waals surface area contributed by atoms with Crippen molar-refractivity contribution in [2.24, 2.45) is 0 Å². The molecule has 10 nitrogen and oxygen atoms in total. The molecule has 0 radical (unpaired) electrons. The van der Waals surface area contributed by atoms with Crippen molar-refractivity contribution in [1.29, 1.82) is 0 Å². The fraction of sp³-hybridized carbons (Fsp3) is 1.00. The first-order chi connectivity index (χ1) is 15.4. The summed E-state index contributed by atoms with van der Waals surface area (Å²) >= 11 is 0. The zero-order valence-corrected chi connectivity index (χ0v) is 19.7. The molecule has 2 saturated heterocycles. The van der Waals surface area contributed by atoms with Crippen LogP contribution in [0.2, 0.25) is 0 Å². The molecule has 0 spiro atoms. The van der Waals surface area contributed by atoms with Gasteiger partial charge in [-0.15, -0.1) is 0 Å². The Morgan fingerprint density at radius 2 is 0.645 bits per heavy atom. The van der Waals surface area contributed by atoms with Crippen LogP contribution in [0.5, 0.6) is 0 Å². The second kappa shape index (κ2) is 20.2. The molecule has 0 aromatic heterocycles. The van der Waals surface area contributed by atoms with Crippen LogP contribution in [0, 0.1) is 0 Å². The van der Waals surface area contributed by atoms with Crippen molar-refractivity contribution in [1.82, 2.24) is 52.3 Å². The second-order valence-electron chi connectivity index (χ2n) is 8.48. The largest absolute Gasteiger partial charge is 0.315 e. The lowest BCUT2D eigenvalue weighted by Gasteiger charge is -2.27. The van der Waals surface area contributed by atoms with E-state index in [9.17, 15) is 0 Å². The van der Waals surface area contributed by atoms with E-state index < -0.39 is 0 Å². The molecule has 184 valence electrons. The number of nitrogens with one attached hydrogen (secondary N) is 8. The fourth-order valence-corrected chi connectivity index (χ4v) is 3.78. The topological polar surface area (TPSA) is 103 Å². The zero-order valence-electron chi connectivity index (χ0n) is 19.7. The molecular formula is C21H50N10. The van der Waals surface area contributed by atoms with Gasteiger partial charge in [-0.05, 0) is 45.4 Å².